The van der Waals surface area contributed by atoms with Crippen LogP contribution in [0.1, 0.15) is 65.2 Å². The van der Waals surface area contributed by atoms with Crippen molar-refractivity contribution < 1.29 is 23.8 Å². The summed E-state index contributed by atoms with van der Waals surface area (Å²) >= 11 is 0. The van der Waals surface area contributed by atoms with Gasteiger partial charge in [-0.2, -0.15) is 0 Å². The number of carbonyl (C=O) groups is 2. The van der Waals surface area contributed by atoms with Gasteiger partial charge in [-0.15, -0.1) is 0 Å². The number of rotatable bonds is 14. The predicted molar refractivity (Wildman–Crippen MR) is 81.0 cm³/mol. The molecule has 5 heteroatoms. The number of carbonyl (C=O) groups excluding carboxylic acids is 2. The molecule has 0 N–H and O–H groups in total. The fourth-order valence-corrected chi connectivity index (χ4v) is 1.58. The van der Waals surface area contributed by atoms with E-state index >= 15 is 0 Å². The molecule has 0 aliphatic heterocycles. The van der Waals surface area contributed by atoms with Crippen molar-refractivity contribution in [3.05, 3.63) is 0 Å². The minimum Gasteiger partial charge on any atom is -0.466 e. The molecule has 0 saturated heterocycles. The van der Waals surface area contributed by atoms with E-state index in [1.165, 1.54) is 0 Å². The molecule has 0 aromatic heterocycles. The molecule has 124 valence electrons. The molecule has 21 heavy (non-hydrogen) atoms. The van der Waals surface area contributed by atoms with Crippen molar-refractivity contribution in [3.63, 3.8) is 0 Å². The van der Waals surface area contributed by atoms with E-state index in [9.17, 15) is 9.59 Å². The zero-order chi connectivity index (χ0) is 15.8. The van der Waals surface area contributed by atoms with Gasteiger partial charge in [-0.3, -0.25) is 9.59 Å². The van der Waals surface area contributed by atoms with Crippen LogP contribution in [0.4, 0.5) is 0 Å². The Morgan fingerprint density at radius 3 is 1.76 bits per heavy atom. The Labute approximate surface area is 128 Å². The molecular formula is C16H30O5. The Morgan fingerprint density at radius 1 is 0.667 bits per heavy atom. The van der Waals surface area contributed by atoms with Gasteiger partial charge >= 0.3 is 11.9 Å². The maximum absolute atomic E-state index is 11.4. The minimum atomic E-state index is -0.228. The molecule has 0 unspecified atom stereocenters. The number of ether oxygens (including phenoxy) is 3. The molecular weight excluding hydrogens is 272 g/mol. The third-order valence-corrected chi connectivity index (χ3v) is 2.91. The number of unbranched alkanes of at least 4 members (excludes halogenated alkanes) is 3. The Hall–Kier alpha value is -1.10. The van der Waals surface area contributed by atoms with Gasteiger partial charge in [-0.25, -0.2) is 0 Å². The summed E-state index contributed by atoms with van der Waals surface area (Å²) in [5, 5.41) is 0. The maximum Gasteiger partial charge on any atom is 0.305 e. The van der Waals surface area contributed by atoms with Crippen molar-refractivity contribution in [2.24, 2.45) is 0 Å². The first-order valence-electron chi connectivity index (χ1n) is 8.09. The Kier molecular flexibility index (Phi) is 14.5. The average molecular weight is 302 g/mol. The smallest absolute Gasteiger partial charge is 0.305 e. The summed E-state index contributed by atoms with van der Waals surface area (Å²) in [6, 6.07) is 0. The number of hydrogen-bond donors (Lipinski definition) is 0. The fourth-order valence-electron chi connectivity index (χ4n) is 1.58. The topological polar surface area (TPSA) is 61.8 Å². The zero-order valence-corrected chi connectivity index (χ0v) is 13.5. The van der Waals surface area contributed by atoms with Crippen molar-refractivity contribution >= 4 is 11.9 Å². The van der Waals surface area contributed by atoms with E-state index in [0.717, 1.165) is 25.7 Å². The second-order valence-corrected chi connectivity index (χ2v) is 4.97. The third-order valence-electron chi connectivity index (χ3n) is 2.91. The fraction of sp³-hybridized carbons (Fsp3) is 0.875. The van der Waals surface area contributed by atoms with Gasteiger partial charge in [0.25, 0.3) is 0 Å². The van der Waals surface area contributed by atoms with Crippen LogP contribution in [-0.4, -0.2) is 38.4 Å². The lowest BCUT2D eigenvalue weighted by Gasteiger charge is -2.06. The molecule has 0 heterocycles. The van der Waals surface area contributed by atoms with E-state index in [0.29, 0.717) is 52.1 Å². The first-order valence-corrected chi connectivity index (χ1v) is 8.09. The molecule has 0 saturated carbocycles. The predicted octanol–water partition coefficient (Wildman–Crippen LogP) is 3.25. The molecule has 0 aliphatic rings. The SMILES string of the molecule is CCCCOCCOC(=O)CCCCC(=O)OCCCC. The van der Waals surface area contributed by atoms with Crippen molar-refractivity contribution in [2.75, 3.05) is 26.4 Å². The first kappa shape index (κ1) is 19.9. The van der Waals surface area contributed by atoms with Crippen molar-refractivity contribution in [1.29, 1.82) is 0 Å². The van der Waals surface area contributed by atoms with Crippen LogP contribution in [0.3, 0.4) is 0 Å². The van der Waals surface area contributed by atoms with Crippen molar-refractivity contribution in [1.82, 2.24) is 0 Å². The molecule has 0 bridgehead atoms. The Morgan fingerprint density at radius 2 is 1.19 bits per heavy atom. The van der Waals surface area contributed by atoms with Crippen LogP contribution in [0.15, 0.2) is 0 Å². The van der Waals surface area contributed by atoms with Crippen LogP contribution >= 0.6 is 0 Å². The summed E-state index contributed by atoms with van der Waals surface area (Å²) in [5.41, 5.74) is 0. The molecule has 0 aromatic rings. The number of esters is 2. The summed E-state index contributed by atoms with van der Waals surface area (Å²) in [6.07, 6.45) is 6.07. The minimum absolute atomic E-state index is 0.179. The maximum atomic E-state index is 11.4. The van der Waals surface area contributed by atoms with E-state index < -0.39 is 0 Å². The van der Waals surface area contributed by atoms with Crippen molar-refractivity contribution in [3.8, 4) is 0 Å². The van der Waals surface area contributed by atoms with Crippen LogP contribution in [-0.2, 0) is 23.8 Å². The summed E-state index contributed by atoms with van der Waals surface area (Å²) in [5.74, 6) is -0.408. The van der Waals surface area contributed by atoms with E-state index in [1.807, 2.05) is 6.92 Å². The monoisotopic (exact) mass is 302 g/mol. The molecule has 0 fully saturated rings. The van der Waals surface area contributed by atoms with Gasteiger partial charge in [-0.1, -0.05) is 26.7 Å². The molecule has 0 aliphatic carbocycles. The molecule has 0 atom stereocenters. The lowest BCUT2D eigenvalue weighted by molar-refractivity contribution is -0.146. The average Bonchev–Trinajstić information content (AvgIpc) is 2.47. The molecule has 0 spiro atoms. The van der Waals surface area contributed by atoms with Gasteiger partial charge in [0.2, 0.25) is 0 Å². The van der Waals surface area contributed by atoms with Crippen LogP contribution in [0.2, 0.25) is 0 Å². The van der Waals surface area contributed by atoms with Gasteiger partial charge in [0.05, 0.1) is 13.2 Å². The van der Waals surface area contributed by atoms with Gasteiger partial charge in [0.1, 0.15) is 6.61 Å². The van der Waals surface area contributed by atoms with Gasteiger partial charge < -0.3 is 14.2 Å². The highest BCUT2D eigenvalue weighted by atomic mass is 16.6. The third kappa shape index (κ3) is 15.1. The second kappa shape index (κ2) is 15.3. The van der Waals surface area contributed by atoms with E-state index in [2.05, 4.69) is 6.92 Å². The quantitative estimate of drug-likeness (QED) is 0.364. The number of hydrogen-bond acceptors (Lipinski definition) is 5. The Balaban J connectivity index is 3.31. The second-order valence-electron chi connectivity index (χ2n) is 4.97. The summed E-state index contributed by atoms with van der Waals surface area (Å²) in [6.45, 7) is 6.12. The highest BCUT2D eigenvalue weighted by Crippen LogP contribution is 2.03. The molecule has 0 radical (unpaired) electrons. The molecule has 0 amide bonds. The van der Waals surface area contributed by atoms with Gasteiger partial charge in [0, 0.05) is 19.4 Å². The summed E-state index contributed by atoms with van der Waals surface area (Å²) in [7, 11) is 0. The van der Waals surface area contributed by atoms with Crippen LogP contribution in [0, 0.1) is 0 Å². The van der Waals surface area contributed by atoms with E-state index in [4.69, 9.17) is 14.2 Å². The molecule has 0 rings (SSSR count). The zero-order valence-electron chi connectivity index (χ0n) is 13.5. The highest BCUT2D eigenvalue weighted by Gasteiger charge is 2.05. The normalized spacial score (nSPS) is 10.4. The van der Waals surface area contributed by atoms with Gasteiger partial charge in [-0.05, 0) is 25.7 Å². The lowest BCUT2D eigenvalue weighted by Crippen LogP contribution is -2.11. The molecule has 0 aromatic carbocycles. The van der Waals surface area contributed by atoms with Crippen LogP contribution in [0.5, 0.6) is 0 Å². The van der Waals surface area contributed by atoms with E-state index in [-0.39, 0.29) is 11.9 Å². The first-order chi connectivity index (χ1) is 10.2. The van der Waals surface area contributed by atoms with Crippen LogP contribution < -0.4 is 0 Å². The van der Waals surface area contributed by atoms with Gasteiger partial charge in [0.15, 0.2) is 0 Å². The largest absolute Gasteiger partial charge is 0.466 e. The van der Waals surface area contributed by atoms with Crippen LogP contribution in [0.25, 0.3) is 0 Å². The highest BCUT2D eigenvalue weighted by molar-refractivity contribution is 5.70. The van der Waals surface area contributed by atoms with Crippen molar-refractivity contribution in [2.45, 2.75) is 65.2 Å². The van der Waals surface area contributed by atoms with E-state index in [1.54, 1.807) is 0 Å². The summed E-state index contributed by atoms with van der Waals surface area (Å²) in [4.78, 5) is 22.7. The Bertz CT molecular complexity index is 265. The lowest BCUT2D eigenvalue weighted by atomic mass is 10.2. The summed E-state index contributed by atoms with van der Waals surface area (Å²) < 4.78 is 15.3. The molecule has 5 nitrogen and oxygen atoms in total. The standard InChI is InChI=1S/C16H30O5/c1-3-5-11-19-13-14-21-16(18)10-8-7-9-15(17)20-12-6-4-2/h3-14H2,1-2H3.